The molecule has 3 heteroatoms. The van der Waals surface area contributed by atoms with Crippen LogP contribution in [-0.2, 0) is 0 Å². The number of pyridine rings is 1. The topological polar surface area (TPSA) is 34.4 Å². The van der Waals surface area contributed by atoms with Crippen LogP contribution in [-0.4, -0.2) is 9.38 Å². The monoisotopic (exact) mass is 188 g/mol. The summed E-state index contributed by atoms with van der Waals surface area (Å²) in [5.41, 5.74) is 1.49. The van der Waals surface area contributed by atoms with Crippen molar-refractivity contribution in [2.45, 2.75) is 19.8 Å². The summed E-state index contributed by atoms with van der Waals surface area (Å²) in [4.78, 5) is 16.1. The Morgan fingerprint density at radius 2 is 2.14 bits per heavy atom. The van der Waals surface area contributed by atoms with Gasteiger partial charge in [0.15, 0.2) is 0 Å². The van der Waals surface area contributed by atoms with Gasteiger partial charge in [-0.25, -0.2) is 4.98 Å². The molecule has 0 radical (unpaired) electrons. The zero-order chi connectivity index (χ0) is 10.1. The maximum absolute atomic E-state index is 11.9. The van der Waals surface area contributed by atoms with Gasteiger partial charge >= 0.3 is 0 Å². The van der Waals surface area contributed by atoms with Crippen LogP contribution >= 0.6 is 0 Å². The summed E-state index contributed by atoms with van der Waals surface area (Å²) in [7, 11) is 0. The maximum atomic E-state index is 11.9. The molecule has 0 atom stereocenters. The van der Waals surface area contributed by atoms with Gasteiger partial charge in [0.1, 0.15) is 5.65 Å². The average Bonchev–Trinajstić information content (AvgIpc) is 2.18. The Kier molecular flexibility index (Phi) is 2.08. The van der Waals surface area contributed by atoms with Crippen LogP contribution in [0.3, 0.4) is 0 Å². The van der Waals surface area contributed by atoms with Gasteiger partial charge in [0, 0.05) is 18.0 Å². The second kappa shape index (κ2) is 3.25. The van der Waals surface area contributed by atoms with Crippen LogP contribution in [0.2, 0.25) is 0 Å². The van der Waals surface area contributed by atoms with Gasteiger partial charge in [-0.05, 0) is 18.1 Å². The van der Waals surface area contributed by atoms with Gasteiger partial charge in [-0.15, -0.1) is 0 Å². The highest BCUT2D eigenvalue weighted by molar-refractivity contribution is 5.38. The lowest BCUT2D eigenvalue weighted by Crippen LogP contribution is -2.19. The number of rotatable bonds is 1. The Morgan fingerprint density at radius 3 is 2.86 bits per heavy atom. The molecule has 72 valence electrons. The first-order chi connectivity index (χ1) is 6.70. The van der Waals surface area contributed by atoms with Crippen LogP contribution < -0.4 is 5.56 Å². The van der Waals surface area contributed by atoms with E-state index in [-0.39, 0.29) is 11.5 Å². The first-order valence-corrected chi connectivity index (χ1v) is 4.66. The fourth-order valence-corrected chi connectivity index (χ4v) is 1.44. The van der Waals surface area contributed by atoms with Crippen molar-refractivity contribution in [3.8, 4) is 0 Å². The van der Waals surface area contributed by atoms with Gasteiger partial charge in [-0.2, -0.15) is 0 Å². The van der Waals surface area contributed by atoms with Crippen LogP contribution in [0.4, 0.5) is 0 Å². The van der Waals surface area contributed by atoms with E-state index < -0.39 is 0 Å². The molecule has 2 aromatic rings. The molecule has 3 nitrogen and oxygen atoms in total. The highest BCUT2D eigenvalue weighted by Crippen LogP contribution is 2.08. The van der Waals surface area contributed by atoms with E-state index in [1.54, 1.807) is 16.8 Å². The maximum Gasteiger partial charge on any atom is 0.261 e. The Morgan fingerprint density at radius 1 is 1.36 bits per heavy atom. The molecule has 2 aromatic heterocycles. The van der Waals surface area contributed by atoms with Crippen LogP contribution in [0.15, 0.2) is 35.4 Å². The number of fused-ring (bicyclic) bond motifs is 1. The molecule has 0 saturated carbocycles. The molecule has 0 spiro atoms. The number of aromatic nitrogens is 2. The van der Waals surface area contributed by atoms with E-state index in [9.17, 15) is 4.79 Å². The van der Waals surface area contributed by atoms with E-state index in [0.29, 0.717) is 5.65 Å². The number of nitrogens with zero attached hydrogens (tertiary/aromatic N) is 2. The molecule has 0 unspecified atom stereocenters. The lowest BCUT2D eigenvalue weighted by Gasteiger charge is -2.05. The zero-order valence-electron chi connectivity index (χ0n) is 8.27. The molecule has 0 aliphatic carbocycles. The molecule has 0 saturated heterocycles. The Hall–Kier alpha value is -1.64. The van der Waals surface area contributed by atoms with E-state index in [1.807, 2.05) is 32.0 Å². The van der Waals surface area contributed by atoms with Crippen LogP contribution in [0.1, 0.15) is 25.3 Å². The second-order valence-corrected chi connectivity index (χ2v) is 3.60. The summed E-state index contributed by atoms with van der Waals surface area (Å²) < 4.78 is 1.58. The summed E-state index contributed by atoms with van der Waals surface area (Å²) in [5, 5.41) is 0. The van der Waals surface area contributed by atoms with Crippen LogP contribution in [0.5, 0.6) is 0 Å². The molecule has 0 aliphatic heterocycles. The van der Waals surface area contributed by atoms with Crippen molar-refractivity contribution in [3.05, 3.63) is 46.5 Å². The summed E-state index contributed by atoms with van der Waals surface area (Å²) in [6.45, 7) is 3.99. The van der Waals surface area contributed by atoms with Crippen LogP contribution in [0, 0.1) is 0 Å². The molecule has 2 heterocycles. The zero-order valence-corrected chi connectivity index (χ0v) is 8.27. The molecular formula is C11H12N2O. The molecule has 2 rings (SSSR count). The molecule has 0 aliphatic rings. The van der Waals surface area contributed by atoms with E-state index >= 15 is 0 Å². The Labute approximate surface area is 82.0 Å². The summed E-state index contributed by atoms with van der Waals surface area (Å²) in [5.74, 6) is 0.215. The van der Waals surface area contributed by atoms with Crippen molar-refractivity contribution in [1.29, 1.82) is 0 Å². The fraction of sp³-hybridized carbons (Fsp3) is 0.273. The molecule has 0 bridgehead atoms. The summed E-state index contributed by atoms with van der Waals surface area (Å²) >= 11 is 0. The lowest BCUT2D eigenvalue weighted by atomic mass is 10.1. The SMILES string of the molecule is CC(C)c1cnc2ccccn2c1=O. The minimum absolute atomic E-state index is 0.0330. The largest absolute Gasteiger partial charge is 0.269 e. The van der Waals surface area contributed by atoms with Gasteiger partial charge in [0.05, 0.1) is 0 Å². The molecular weight excluding hydrogens is 176 g/mol. The molecule has 14 heavy (non-hydrogen) atoms. The van der Waals surface area contributed by atoms with Crippen molar-refractivity contribution in [3.63, 3.8) is 0 Å². The van der Waals surface area contributed by atoms with Crippen LogP contribution in [0.25, 0.3) is 5.65 Å². The predicted molar refractivity (Wildman–Crippen MR) is 55.6 cm³/mol. The number of hydrogen-bond acceptors (Lipinski definition) is 2. The van der Waals surface area contributed by atoms with Crippen molar-refractivity contribution < 1.29 is 0 Å². The average molecular weight is 188 g/mol. The van der Waals surface area contributed by atoms with Crippen molar-refractivity contribution in [2.24, 2.45) is 0 Å². The van der Waals surface area contributed by atoms with Crippen molar-refractivity contribution >= 4 is 5.65 Å². The van der Waals surface area contributed by atoms with Gasteiger partial charge < -0.3 is 0 Å². The molecule has 0 aromatic carbocycles. The molecule has 0 amide bonds. The van der Waals surface area contributed by atoms with Crippen molar-refractivity contribution in [1.82, 2.24) is 9.38 Å². The highest BCUT2D eigenvalue weighted by atomic mass is 16.1. The quantitative estimate of drug-likeness (QED) is 0.684. The number of hydrogen-bond donors (Lipinski definition) is 0. The Bertz CT molecular complexity index is 514. The third-order valence-electron chi connectivity index (χ3n) is 2.26. The highest BCUT2D eigenvalue weighted by Gasteiger charge is 2.06. The Balaban J connectivity index is 2.82. The minimum Gasteiger partial charge on any atom is -0.269 e. The minimum atomic E-state index is 0.0330. The van der Waals surface area contributed by atoms with Gasteiger partial charge in [-0.1, -0.05) is 19.9 Å². The van der Waals surface area contributed by atoms with Crippen molar-refractivity contribution in [2.75, 3.05) is 0 Å². The standard InChI is InChI=1S/C11H12N2O/c1-8(2)9-7-12-10-5-3-4-6-13(10)11(9)14/h3-8H,1-2H3. The van der Waals surface area contributed by atoms with E-state index in [4.69, 9.17) is 0 Å². The van der Waals surface area contributed by atoms with E-state index in [1.165, 1.54) is 0 Å². The van der Waals surface area contributed by atoms with Gasteiger partial charge in [0.25, 0.3) is 5.56 Å². The fourth-order valence-electron chi connectivity index (χ4n) is 1.44. The summed E-state index contributed by atoms with van der Waals surface area (Å²) in [6, 6.07) is 5.53. The second-order valence-electron chi connectivity index (χ2n) is 3.60. The molecule has 0 N–H and O–H groups in total. The van der Waals surface area contributed by atoms with Gasteiger partial charge in [0.2, 0.25) is 0 Å². The summed E-state index contributed by atoms with van der Waals surface area (Å²) in [6.07, 6.45) is 3.42. The van der Waals surface area contributed by atoms with E-state index in [0.717, 1.165) is 5.56 Å². The lowest BCUT2D eigenvalue weighted by molar-refractivity contribution is 0.822. The smallest absolute Gasteiger partial charge is 0.261 e. The van der Waals surface area contributed by atoms with E-state index in [2.05, 4.69) is 4.98 Å². The third-order valence-corrected chi connectivity index (χ3v) is 2.26. The van der Waals surface area contributed by atoms with Gasteiger partial charge in [-0.3, -0.25) is 9.20 Å². The third kappa shape index (κ3) is 1.31. The first kappa shape index (κ1) is 8.94. The predicted octanol–water partition coefficient (Wildman–Crippen LogP) is 1.82. The first-order valence-electron chi connectivity index (χ1n) is 4.66. The normalized spacial score (nSPS) is 11.1. The molecule has 0 fully saturated rings.